The second-order valence-electron chi connectivity index (χ2n) is 3.61. The molecule has 1 atom stereocenters. The van der Waals surface area contributed by atoms with E-state index in [0.29, 0.717) is 12.5 Å². The fraction of sp³-hybridized carbons (Fsp3) is 0.462. The van der Waals surface area contributed by atoms with Crippen molar-refractivity contribution in [3.63, 3.8) is 0 Å². The van der Waals surface area contributed by atoms with Crippen LogP contribution in [-0.2, 0) is 0 Å². The van der Waals surface area contributed by atoms with Crippen molar-refractivity contribution in [1.82, 2.24) is 5.32 Å². The highest BCUT2D eigenvalue weighted by molar-refractivity contribution is 5.18. The van der Waals surface area contributed by atoms with Gasteiger partial charge in [-0.15, -0.1) is 0 Å². The first-order valence-electron chi connectivity index (χ1n) is 5.53. The Morgan fingerprint density at radius 2 is 2.07 bits per heavy atom. The van der Waals surface area contributed by atoms with Crippen molar-refractivity contribution >= 4 is 0 Å². The van der Waals surface area contributed by atoms with Gasteiger partial charge in [-0.25, -0.2) is 0 Å². The zero-order valence-corrected chi connectivity index (χ0v) is 9.24. The fourth-order valence-corrected chi connectivity index (χ4v) is 1.66. The summed E-state index contributed by atoms with van der Waals surface area (Å²) in [4.78, 5) is 0. The second kappa shape index (κ2) is 7.03. The maximum atomic E-state index is 8.49. The minimum Gasteiger partial charge on any atom is -0.309 e. The average molecular weight is 202 g/mol. The van der Waals surface area contributed by atoms with Crippen molar-refractivity contribution in [2.24, 2.45) is 0 Å². The molecule has 80 valence electrons. The summed E-state index contributed by atoms with van der Waals surface area (Å²) in [6.45, 7) is 2.96. The lowest BCUT2D eigenvalue weighted by molar-refractivity contribution is 0.501. The molecule has 15 heavy (non-hydrogen) atoms. The van der Waals surface area contributed by atoms with Crippen LogP contribution < -0.4 is 5.32 Å². The Morgan fingerprint density at radius 3 is 2.67 bits per heavy atom. The summed E-state index contributed by atoms with van der Waals surface area (Å²) < 4.78 is 0. The molecule has 0 heterocycles. The van der Waals surface area contributed by atoms with Gasteiger partial charge in [-0.2, -0.15) is 5.26 Å². The van der Waals surface area contributed by atoms with Crippen LogP contribution in [0.2, 0.25) is 0 Å². The van der Waals surface area contributed by atoms with Crippen LogP contribution in [0.1, 0.15) is 37.8 Å². The largest absolute Gasteiger partial charge is 0.309 e. The van der Waals surface area contributed by atoms with Crippen molar-refractivity contribution in [2.75, 3.05) is 6.54 Å². The molecule has 0 aliphatic carbocycles. The molecule has 1 aromatic carbocycles. The summed E-state index contributed by atoms with van der Waals surface area (Å²) in [6, 6.07) is 13.0. The van der Waals surface area contributed by atoms with Crippen LogP contribution in [0.5, 0.6) is 0 Å². The quantitative estimate of drug-likeness (QED) is 0.720. The monoisotopic (exact) mass is 202 g/mol. The summed E-state index contributed by atoms with van der Waals surface area (Å²) in [5.74, 6) is 0. The molecule has 1 N–H and O–H groups in total. The molecule has 0 aliphatic heterocycles. The maximum absolute atomic E-state index is 8.49. The average Bonchev–Trinajstić information content (AvgIpc) is 2.29. The third-order valence-corrected chi connectivity index (χ3v) is 2.41. The van der Waals surface area contributed by atoms with E-state index in [0.717, 1.165) is 19.4 Å². The standard InChI is InChI=1S/C13H18N2/c1-2-7-13(15-11-6-10-14)12-8-4-3-5-9-12/h3-5,8-9,13,15H,2,6-7,11H2,1H3. The van der Waals surface area contributed by atoms with Crippen molar-refractivity contribution in [1.29, 1.82) is 5.26 Å². The predicted octanol–water partition coefficient (Wildman–Crippen LogP) is 3.03. The number of nitriles is 1. The number of nitrogens with one attached hydrogen (secondary N) is 1. The van der Waals surface area contributed by atoms with Gasteiger partial charge in [-0.3, -0.25) is 0 Å². The number of hydrogen-bond acceptors (Lipinski definition) is 2. The molecule has 0 fully saturated rings. The third kappa shape index (κ3) is 4.14. The van der Waals surface area contributed by atoms with E-state index in [1.54, 1.807) is 0 Å². The molecule has 0 spiro atoms. The molecule has 2 nitrogen and oxygen atoms in total. The Balaban J connectivity index is 2.54. The van der Waals surface area contributed by atoms with E-state index in [2.05, 4.69) is 42.6 Å². The summed E-state index contributed by atoms with van der Waals surface area (Å²) >= 11 is 0. The first-order valence-corrected chi connectivity index (χ1v) is 5.53. The maximum Gasteiger partial charge on any atom is 0.0635 e. The molecule has 1 aromatic rings. The molecule has 0 aromatic heterocycles. The first-order chi connectivity index (χ1) is 7.38. The van der Waals surface area contributed by atoms with Gasteiger partial charge in [0, 0.05) is 19.0 Å². The molecule has 2 heteroatoms. The molecule has 0 aliphatic rings. The smallest absolute Gasteiger partial charge is 0.0635 e. The van der Waals surface area contributed by atoms with Crippen LogP contribution in [0.4, 0.5) is 0 Å². The fourth-order valence-electron chi connectivity index (χ4n) is 1.66. The molecule has 1 rings (SSSR count). The lowest BCUT2D eigenvalue weighted by Gasteiger charge is -2.17. The van der Waals surface area contributed by atoms with E-state index in [1.807, 2.05) is 6.07 Å². The van der Waals surface area contributed by atoms with Crippen molar-refractivity contribution in [3.05, 3.63) is 35.9 Å². The van der Waals surface area contributed by atoms with Gasteiger partial charge in [0.15, 0.2) is 0 Å². The highest BCUT2D eigenvalue weighted by Gasteiger charge is 2.08. The van der Waals surface area contributed by atoms with E-state index < -0.39 is 0 Å². The van der Waals surface area contributed by atoms with Gasteiger partial charge in [-0.1, -0.05) is 43.7 Å². The van der Waals surface area contributed by atoms with Gasteiger partial charge >= 0.3 is 0 Å². The molecule has 0 radical (unpaired) electrons. The zero-order valence-electron chi connectivity index (χ0n) is 9.24. The van der Waals surface area contributed by atoms with Crippen molar-refractivity contribution in [2.45, 2.75) is 32.2 Å². The number of hydrogen-bond donors (Lipinski definition) is 1. The molecular formula is C13H18N2. The Bertz CT molecular complexity index is 300. The zero-order chi connectivity index (χ0) is 10.9. The SMILES string of the molecule is CCCC(NCCC#N)c1ccccc1. The van der Waals surface area contributed by atoms with Crippen LogP contribution >= 0.6 is 0 Å². The first kappa shape index (κ1) is 11.7. The van der Waals surface area contributed by atoms with Crippen LogP contribution in [0.3, 0.4) is 0 Å². The Hall–Kier alpha value is -1.33. The third-order valence-electron chi connectivity index (χ3n) is 2.41. The minimum atomic E-state index is 0.393. The molecule has 1 unspecified atom stereocenters. The van der Waals surface area contributed by atoms with Gasteiger partial charge in [0.2, 0.25) is 0 Å². The Morgan fingerprint density at radius 1 is 1.33 bits per heavy atom. The normalized spacial score (nSPS) is 12.0. The minimum absolute atomic E-state index is 0.393. The second-order valence-corrected chi connectivity index (χ2v) is 3.61. The van der Waals surface area contributed by atoms with E-state index in [1.165, 1.54) is 5.56 Å². The van der Waals surface area contributed by atoms with E-state index in [-0.39, 0.29) is 0 Å². The van der Waals surface area contributed by atoms with E-state index in [4.69, 9.17) is 5.26 Å². The lowest BCUT2D eigenvalue weighted by Crippen LogP contribution is -2.22. The van der Waals surface area contributed by atoms with Crippen LogP contribution in [0, 0.1) is 11.3 Å². The van der Waals surface area contributed by atoms with Crippen molar-refractivity contribution < 1.29 is 0 Å². The van der Waals surface area contributed by atoms with E-state index in [9.17, 15) is 0 Å². The van der Waals surface area contributed by atoms with Gasteiger partial charge in [0.25, 0.3) is 0 Å². The summed E-state index contributed by atoms with van der Waals surface area (Å²) in [5.41, 5.74) is 1.32. The van der Waals surface area contributed by atoms with Gasteiger partial charge in [0.05, 0.1) is 6.07 Å². The molecule has 0 bridgehead atoms. The number of rotatable bonds is 6. The highest BCUT2D eigenvalue weighted by Crippen LogP contribution is 2.17. The Labute approximate surface area is 91.9 Å². The van der Waals surface area contributed by atoms with Gasteiger partial charge in [-0.05, 0) is 12.0 Å². The molecule has 0 saturated carbocycles. The van der Waals surface area contributed by atoms with Crippen LogP contribution in [-0.4, -0.2) is 6.54 Å². The molecular weight excluding hydrogens is 184 g/mol. The Kier molecular flexibility index (Phi) is 5.50. The van der Waals surface area contributed by atoms with E-state index >= 15 is 0 Å². The van der Waals surface area contributed by atoms with Crippen LogP contribution in [0.25, 0.3) is 0 Å². The van der Waals surface area contributed by atoms with Gasteiger partial charge in [0.1, 0.15) is 0 Å². The van der Waals surface area contributed by atoms with Crippen LogP contribution in [0.15, 0.2) is 30.3 Å². The molecule has 0 amide bonds. The summed E-state index contributed by atoms with van der Waals surface area (Å²) in [5, 5.41) is 11.9. The lowest BCUT2D eigenvalue weighted by atomic mass is 10.0. The topological polar surface area (TPSA) is 35.8 Å². The number of nitrogens with zero attached hydrogens (tertiary/aromatic N) is 1. The molecule has 0 saturated heterocycles. The summed E-state index contributed by atoms with van der Waals surface area (Å²) in [7, 11) is 0. The predicted molar refractivity (Wildman–Crippen MR) is 62.3 cm³/mol. The van der Waals surface area contributed by atoms with Crippen molar-refractivity contribution in [3.8, 4) is 6.07 Å². The summed E-state index contributed by atoms with van der Waals surface area (Å²) in [6.07, 6.45) is 2.85. The number of benzene rings is 1. The highest BCUT2D eigenvalue weighted by atomic mass is 14.9. The van der Waals surface area contributed by atoms with Gasteiger partial charge < -0.3 is 5.32 Å².